The first-order valence-corrected chi connectivity index (χ1v) is 6.49. The molecule has 0 aromatic carbocycles. The number of nitrogens with two attached hydrogens (primary N) is 1. The van der Waals surface area contributed by atoms with E-state index in [1.807, 2.05) is 4.72 Å². The van der Waals surface area contributed by atoms with Crippen LogP contribution in [0.3, 0.4) is 0 Å². The molecule has 0 radical (unpaired) electrons. The molecule has 1 aliphatic rings. The number of nitrogens with one attached hydrogen (secondary N) is 1. The first-order valence-electron chi connectivity index (χ1n) is 5.05. The van der Waals surface area contributed by atoms with Crippen molar-refractivity contribution in [3.63, 3.8) is 0 Å². The Morgan fingerprint density at radius 3 is 2.62 bits per heavy atom. The number of ether oxygens (including phenoxy) is 1. The van der Waals surface area contributed by atoms with E-state index in [0.29, 0.717) is 13.0 Å². The number of nitrogens with zero attached hydrogens (tertiary/aromatic N) is 1. The lowest BCUT2D eigenvalue weighted by Gasteiger charge is -2.16. The largest absolute Gasteiger partial charge is 0.446 e. The van der Waals surface area contributed by atoms with Crippen LogP contribution in [0.25, 0.3) is 0 Å². The summed E-state index contributed by atoms with van der Waals surface area (Å²) < 4.78 is 30.9. The summed E-state index contributed by atoms with van der Waals surface area (Å²) in [4.78, 5) is 11.1. The van der Waals surface area contributed by atoms with E-state index < -0.39 is 16.3 Å². The van der Waals surface area contributed by atoms with E-state index >= 15 is 0 Å². The third-order valence-corrected chi connectivity index (χ3v) is 3.52. The second kappa shape index (κ2) is 4.98. The van der Waals surface area contributed by atoms with Gasteiger partial charge in [0.05, 0.1) is 6.10 Å². The van der Waals surface area contributed by atoms with Crippen molar-refractivity contribution in [1.29, 1.82) is 0 Å². The van der Waals surface area contributed by atoms with E-state index in [4.69, 9.17) is 5.73 Å². The Balaban J connectivity index is 2.55. The SMILES string of the molecule is CC(C)OC(=O)NS(=O)(=O)N1CCC(N)C1. The number of carbonyl (C=O) groups excluding carboxylic acids is 1. The van der Waals surface area contributed by atoms with Gasteiger partial charge in [-0.3, -0.25) is 0 Å². The van der Waals surface area contributed by atoms with Crippen LogP contribution in [0.1, 0.15) is 20.3 Å². The number of hydrogen-bond donors (Lipinski definition) is 2. The molecule has 1 amide bonds. The van der Waals surface area contributed by atoms with Gasteiger partial charge in [0.15, 0.2) is 0 Å². The maximum atomic E-state index is 11.6. The molecule has 8 heteroatoms. The van der Waals surface area contributed by atoms with E-state index in [9.17, 15) is 13.2 Å². The predicted molar refractivity (Wildman–Crippen MR) is 57.8 cm³/mol. The number of carbonyl (C=O) groups is 1. The van der Waals surface area contributed by atoms with Gasteiger partial charge in [0.25, 0.3) is 0 Å². The van der Waals surface area contributed by atoms with Crippen molar-refractivity contribution in [2.45, 2.75) is 32.4 Å². The Morgan fingerprint density at radius 1 is 1.56 bits per heavy atom. The van der Waals surface area contributed by atoms with Crippen LogP contribution < -0.4 is 10.5 Å². The van der Waals surface area contributed by atoms with E-state index in [-0.39, 0.29) is 18.7 Å². The standard InChI is InChI=1S/C8H17N3O4S/c1-6(2)15-8(12)10-16(13,14)11-4-3-7(9)5-11/h6-7H,3-5,9H2,1-2H3,(H,10,12). The number of amides is 1. The molecule has 3 N–H and O–H groups in total. The van der Waals surface area contributed by atoms with Gasteiger partial charge in [0.2, 0.25) is 0 Å². The van der Waals surface area contributed by atoms with Crippen molar-refractivity contribution >= 4 is 16.3 Å². The molecule has 0 spiro atoms. The molecular formula is C8H17N3O4S. The zero-order valence-corrected chi connectivity index (χ0v) is 10.2. The fraction of sp³-hybridized carbons (Fsp3) is 0.875. The van der Waals surface area contributed by atoms with Gasteiger partial charge in [-0.15, -0.1) is 0 Å². The highest BCUT2D eigenvalue weighted by Crippen LogP contribution is 2.10. The van der Waals surface area contributed by atoms with Crippen molar-refractivity contribution in [3.8, 4) is 0 Å². The number of rotatable bonds is 3. The van der Waals surface area contributed by atoms with Gasteiger partial charge < -0.3 is 10.5 Å². The second-order valence-corrected chi connectivity index (χ2v) is 5.64. The van der Waals surface area contributed by atoms with Crippen LogP contribution in [0.2, 0.25) is 0 Å². The van der Waals surface area contributed by atoms with Crippen LogP contribution in [0.4, 0.5) is 4.79 Å². The molecule has 7 nitrogen and oxygen atoms in total. The van der Waals surface area contributed by atoms with Gasteiger partial charge in [-0.05, 0) is 20.3 Å². The summed E-state index contributed by atoms with van der Waals surface area (Å²) >= 11 is 0. The third kappa shape index (κ3) is 3.62. The molecule has 94 valence electrons. The molecule has 0 aromatic rings. The minimum Gasteiger partial charge on any atom is -0.446 e. The van der Waals surface area contributed by atoms with E-state index in [2.05, 4.69) is 4.74 Å². The van der Waals surface area contributed by atoms with Crippen molar-refractivity contribution in [2.75, 3.05) is 13.1 Å². The summed E-state index contributed by atoms with van der Waals surface area (Å²) in [5.41, 5.74) is 5.58. The van der Waals surface area contributed by atoms with Crippen LogP contribution in [-0.4, -0.2) is 44.1 Å². The molecule has 1 fully saturated rings. The van der Waals surface area contributed by atoms with Gasteiger partial charge in [-0.1, -0.05) is 0 Å². The highest BCUT2D eigenvalue weighted by Gasteiger charge is 2.31. The van der Waals surface area contributed by atoms with E-state index in [1.54, 1.807) is 13.8 Å². The molecule has 1 unspecified atom stereocenters. The van der Waals surface area contributed by atoms with Crippen molar-refractivity contribution < 1.29 is 17.9 Å². The van der Waals surface area contributed by atoms with E-state index in [0.717, 1.165) is 4.31 Å². The molecule has 1 atom stereocenters. The Kier molecular flexibility index (Phi) is 4.11. The maximum Gasteiger partial charge on any atom is 0.422 e. The van der Waals surface area contributed by atoms with Gasteiger partial charge in [0.1, 0.15) is 0 Å². The normalized spacial score (nSPS) is 22.4. The van der Waals surface area contributed by atoms with Crippen LogP contribution in [0.15, 0.2) is 0 Å². The molecule has 1 rings (SSSR count). The lowest BCUT2D eigenvalue weighted by atomic mass is 10.3. The highest BCUT2D eigenvalue weighted by molar-refractivity contribution is 7.87. The zero-order valence-electron chi connectivity index (χ0n) is 9.34. The van der Waals surface area contributed by atoms with Crippen LogP contribution >= 0.6 is 0 Å². The maximum absolute atomic E-state index is 11.6. The fourth-order valence-electron chi connectivity index (χ4n) is 1.38. The minimum absolute atomic E-state index is 0.169. The van der Waals surface area contributed by atoms with Crippen molar-refractivity contribution in [1.82, 2.24) is 9.03 Å². The molecule has 0 aliphatic carbocycles. The lowest BCUT2D eigenvalue weighted by Crippen LogP contribution is -2.43. The van der Waals surface area contributed by atoms with Gasteiger partial charge in [0, 0.05) is 19.1 Å². The summed E-state index contributed by atoms with van der Waals surface area (Å²) in [6.07, 6.45) is -0.730. The number of hydrogen-bond acceptors (Lipinski definition) is 5. The summed E-state index contributed by atoms with van der Waals surface area (Å²) in [5.74, 6) is 0. The smallest absolute Gasteiger partial charge is 0.422 e. The summed E-state index contributed by atoms with van der Waals surface area (Å²) in [5, 5.41) is 0. The quantitative estimate of drug-likeness (QED) is 0.697. The Morgan fingerprint density at radius 2 is 2.19 bits per heavy atom. The summed E-state index contributed by atoms with van der Waals surface area (Å²) in [7, 11) is -3.81. The molecule has 0 aromatic heterocycles. The average molecular weight is 251 g/mol. The molecule has 0 saturated carbocycles. The van der Waals surface area contributed by atoms with Crippen molar-refractivity contribution in [3.05, 3.63) is 0 Å². The highest BCUT2D eigenvalue weighted by atomic mass is 32.2. The second-order valence-electron chi connectivity index (χ2n) is 3.97. The van der Waals surface area contributed by atoms with Crippen LogP contribution in [0.5, 0.6) is 0 Å². The van der Waals surface area contributed by atoms with E-state index in [1.165, 1.54) is 0 Å². The predicted octanol–water partition coefficient (Wildman–Crippen LogP) is -0.601. The topological polar surface area (TPSA) is 102 Å². The summed E-state index contributed by atoms with van der Waals surface area (Å²) in [6.45, 7) is 3.83. The molecular weight excluding hydrogens is 234 g/mol. The fourth-order valence-corrected chi connectivity index (χ4v) is 2.50. The Labute approximate surface area is 95.1 Å². The van der Waals surface area contributed by atoms with Crippen molar-refractivity contribution in [2.24, 2.45) is 5.73 Å². The Bertz CT molecular complexity index is 354. The minimum atomic E-state index is -3.81. The first-order chi connectivity index (χ1) is 7.31. The zero-order chi connectivity index (χ0) is 12.3. The molecule has 16 heavy (non-hydrogen) atoms. The molecule has 1 saturated heterocycles. The third-order valence-electron chi connectivity index (χ3n) is 2.08. The molecule has 1 heterocycles. The Hall–Kier alpha value is -0.860. The average Bonchev–Trinajstić information content (AvgIpc) is 2.49. The lowest BCUT2D eigenvalue weighted by molar-refractivity contribution is 0.121. The molecule has 1 aliphatic heterocycles. The molecule has 0 bridgehead atoms. The van der Waals surface area contributed by atoms with Gasteiger partial charge in [-0.2, -0.15) is 12.7 Å². The monoisotopic (exact) mass is 251 g/mol. The first kappa shape index (κ1) is 13.2. The van der Waals surface area contributed by atoms with Crippen LogP contribution in [-0.2, 0) is 14.9 Å². The summed E-state index contributed by atoms with van der Waals surface area (Å²) in [6, 6.07) is -0.169. The van der Waals surface area contributed by atoms with Gasteiger partial charge >= 0.3 is 16.3 Å². The van der Waals surface area contributed by atoms with Gasteiger partial charge in [-0.25, -0.2) is 9.52 Å². The van der Waals surface area contributed by atoms with Crippen LogP contribution in [0, 0.1) is 0 Å².